The monoisotopic (exact) mass is 539 g/mol. The molecule has 1 fully saturated rings. The van der Waals surface area contributed by atoms with Gasteiger partial charge in [-0.1, -0.05) is 44.0 Å². The second-order valence-corrected chi connectivity index (χ2v) is 11.8. The van der Waals surface area contributed by atoms with Crippen molar-refractivity contribution >= 4 is 45.9 Å². The Kier molecular flexibility index (Phi) is 12.6. The van der Waals surface area contributed by atoms with Crippen molar-refractivity contribution in [3.8, 4) is 0 Å². The van der Waals surface area contributed by atoms with E-state index in [1.54, 1.807) is 45.0 Å². The highest BCUT2D eigenvalue weighted by atomic mass is 35.5. The number of carbonyl (C=O) groups is 4. The molecule has 1 aliphatic rings. The SMILES string of the molecule is CCNC(=O)C(=O)[C@H](Cc1ccc(Cl)cc1)NC(=O)[C@@H](NC(=O)CCCCC1CCCS1=O)C(C)C. The van der Waals surface area contributed by atoms with Crippen LogP contribution in [-0.4, -0.2) is 57.3 Å². The number of amides is 3. The Morgan fingerprint density at radius 1 is 1.08 bits per heavy atom. The maximum atomic E-state index is 13.1. The molecule has 4 atom stereocenters. The van der Waals surface area contributed by atoms with Gasteiger partial charge in [-0.05, 0) is 56.2 Å². The lowest BCUT2D eigenvalue weighted by atomic mass is 9.98. The minimum Gasteiger partial charge on any atom is -0.350 e. The van der Waals surface area contributed by atoms with Gasteiger partial charge in [-0.15, -0.1) is 0 Å². The highest BCUT2D eigenvalue weighted by Crippen LogP contribution is 2.21. The second-order valence-electron chi connectivity index (χ2n) is 9.50. The Balaban J connectivity index is 1.98. The van der Waals surface area contributed by atoms with Crippen molar-refractivity contribution in [2.45, 2.75) is 83.1 Å². The summed E-state index contributed by atoms with van der Waals surface area (Å²) in [6.07, 6.45) is 4.68. The number of carbonyl (C=O) groups excluding carboxylic acids is 4. The van der Waals surface area contributed by atoms with Crippen molar-refractivity contribution in [1.29, 1.82) is 0 Å². The van der Waals surface area contributed by atoms with Gasteiger partial charge >= 0.3 is 0 Å². The zero-order valence-corrected chi connectivity index (χ0v) is 22.9. The molecule has 1 saturated heterocycles. The van der Waals surface area contributed by atoms with Crippen LogP contribution in [0.2, 0.25) is 5.02 Å². The van der Waals surface area contributed by atoms with Crippen LogP contribution in [-0.2, 0) is 36.4 Å². The summed E-state index contributed by atoms with van der Waals surface area (Å²) in [7, 11) is -0.743. The number of unbranched alkanes of at least 4 members (excludes halogenated alkanes) is 1. The van der Waals surface area contributed by atoms with Crippen LogP contribution >= 0.6 is 11.6 Å². The predicted molar refractivity (Wildman–Crippen MR) is 142 cm³/mol. The first-order valence-corrected chi connectivity index (χ1v) is 14.4. The Bertz CT molecular complexity index is 938. The van der Waals surface area contributed by atoms with Crippen LogP contribution in [0.15, 0.2) is 24.3 Å². The molecule has 2 unspecified atom stereocenters. The van der Waals surface area contributed by atoms with E-state index in [2.05, 4.69) is 16.0 Å². The number of hydrogen-bond donors (Lipinski definition) is 3. The summed E-state index contributed by atoms with van der Waals surface area (Å²) in [5.41, 5.74) is 0.732. The number of benzene rings is 1. The summed E-state index contributed by atoms with van der Waals surface area (Å²) in [6.45, 7) is 5.60. The molecule has 1 aromatic rings. The Morgan fingerprint density at radius 3 is 2.36 bits per heavy atom. The molecular formula is C26H38ClN3O5S. The third-order valence-corrected chi connectivity index (χ3v) is 8.39. The van der Waals surface area contributed by atoms with Crippen LogP contribution in [0.4, 0.5) is 0 Å². The normalized spacial score (nSPS) is 18.9. The van der Waals surface area contributed by atoms with E-state index in [-0.39, 0.29) is 36.5 Å². The molecule has 2 rings (SSSR count). The van der Waals surface area contributed by atoms with Crippen molar-refractivity contribution in [3.63, 3.8) is 0 Å². The third-order valence-electron chi connectivity index (χ3n) is 6.24. The zero-order chi connectivity index (χ0) is 26.7. The molecule has 3 amide bonds. The van der Waals surface area contributed by atoms with Gasteiger partial charge in [0.1, 0.15) is 12.1 Å². The topological polar surface area (TPSA) is 121 Å². The van der Waals surface area contributed by atoms with Gasteiger partial charge in [0.2, 0.25) is 17.6 Å². The molecule has 10 heteroatoms. The molecule has 0 saturated carbocycles. The first-order valence-electron chi connectivity index (χ1n) is 12.7. The Labute approximate surface area is 221 Å². The first-order chi connectivity index (χ1) is 17.1. The fourth-order valence-electron chi connectivity index (χ4n) is 4.20. The summed E-state index contributed by atoms with van der Waals surface area (Å²) in [6, 6.07) is 4.87. The van der Waals surface area contributed by atoms with Crippen molar-refractivity contribution < 1.29 is 23.4 Å². The summed E-state index contributed by atoms with van der Waals surface area (Å²) >= 11 is 5.94. The smallest absolute Gasteiger partial charge is 0.289 e. The first kappa shape index (κ1) is 30.0. The minimum absolute atomic E-state index is 0.111. The van der Waals surface area contributed by atoms with E-state index in [4.69, 9.17) is 11.6 Å². The quantitative estimate of drug-likeness (QED) is 0.248. The van der Waals surface area contributed by atoms with E-state index in [1.165, 1.54) is 0 Å². The summed E-state index contributed by atoms with van der Waals surface area (Å²) in [5, 5.41) is 8.72. The highest BCUT2D eigenvalue weighted by molar-refractivity contribution is 7.85. The van der Waals surface area contributed by atoms with Crippen LogP contribution in [0.3, 0.4) is 0 Å². The molecule has 0 spiro atoms. The maximum absolute atomic E-state index is 13.1. The molecule has 1 aromatic carbocycles. The minimum atomic E-state index is -1.09. The molecule has 36 heavy (non-hydrogen) atoms. The number of nitrogens with one attached hydrogen (secondary N) is 3. The van der Waals surface area contributed by atoms with E-state index < -0.39 is 40.5 Å². The van der Waals surface area contributed by atoms with Crippen LogP contribution in [0.5, 0.6) is 0 Å². The van der Waals surface area contributed by atoms with Gasteiger partial charge in [0.15, 0.2) is 0 Å². The van der Waals surface area contributed by atoms with E-state index in [1.807, 2.05) is 0 Å². The number of likely N-dealkylation sites (N-methyl/N-ethyl adjacent to an activating group) is 1. The van der Waals surface area contributed by atoms with Gasteiger partial charge in [0, 0.05) is 46.2 Å². The molecule has 8 nitrogen and oxygen atoms in total. The fraction of sp³-hybridized carbons (Fsp3) is 0.615. The lowest BCUT2D eigenvalue weighted by Gasteiger charge is -2.25. The third kappa shape index (κ3) is 9.65. The van der Waals surface area contributed by atoms with Crippen LogP contribution in [0.25, 0.3) is 0 Å². The number of rotatable bonds is 14. The summed E-state index contributed by atoms with van der Waals surface area (Å²) < 4.78 is 11.9. The lowest BCUT2D eigenvalue weighted by molar-refractivity contribution is -0.140. The van der Waals surface area contributed by atoms with Crippen molar-refractivity contribution in [1.82, 2.24) is 16.0 Å². The zero-order valence-electron chi connectivity index (χ0n) is 21.3. The largest absolute Gasteiger partial charge is 0.350 e. The molecule has 0 aliphatic carbocycles. The van der Waals surface area contributed by atoms with Crippen molar-refractivity contribution in [2.75, 3.05) is 12.3 Å². The molecule has 0 aromatic heterocycles. The molecule has 0 radical (unpaired) electrons. The fourth-order valence-corrected chi connectivity index (χ4v) is 5.97. The van der Waals surface area contributed by atoms with Gasteiger partial charge in [0.05, 0.1) is 0 Å². The van der Waals surface area contributed by atoms with Gasteiger partial charge in [-0.25, -0.2) is 0 Å². The lowest BCUT2D eigenvalue weighted by Crippen LogP contribution is -2.56. The van der Waals surface area contributed by atoms with Gasteiger partial charge < -0.3 is 16.0 Å². The van der Waals surface area contributed by atoms with E-state index in [9.17, 15) is 23.4 Å². The summed E-state index contributed by atoms with van der Waals surface area (Å²) in [5.74, 6) is -1.75. The number of Topliss-reactive ketones (excluding diaryl/α,β-unsaturated/α-hetero) is 1. The van der Waals surface area contributed by atoms with Crippen LogP contribution in [0, 0.1) is 5.92 Å². The second kappa shape index (κ2) is 15.1. The number of hydrogen-bond acceptors (Lipinski definition) is 5. The Morgan fingerprint density at radius 2 is 1.78 bits per heavy atom. The van der Waals surface area contributed by atoms with Crippen molar-refractivity contribution in [2.24, 2.45) is 5.92 Å². The predicted octanol–water partition coefficient (Wildman–Crippen LogP) is 2.68. The average molecular weight is 540 g/mol. The van der Waals surface area contributed by atoms with E-state index >= 15 is 0 Å². The molecule has 0 bridgehead atoms. The van der Waals surface area contributed by atoms with Crippen LogP contribution < -0.4 is 16.0 Å². The molecular weight excluding hydrogens is 502 g/mol. The molecule has 200 valence electrons. The Hall–Kier alpha value is -2.26. The maximum Gasteiger partial charge on any atom is 0.289 e. The average Bonchev–Trinajstić information content (AvgIpc) is 3.25. The number of halogens is 1. The van der Waals surface area contributed by atoms with Crippen LogP contribution in [0.1, 0.15) is 64.9 Å². The highest BCUT2D eigenvalue weighted by Gasteiger charge is 2.31. The standard InChI is InChI=1S/C26H38ClN3O5S/c1-4-28-26(34)24(32)21(16-18-11-13-19(27)14-12-18)29-25(33)23(17(2)3)30-22(31)10-6-5-8-20-9-7-15-36(20)35/h11-14,17,20-21,23H,4-10,15-16H2,1-3H3,(H,28,34)(H,29,33)(H,30,31)/t20?,21-,23-,36?/m0/s1. The number of ketones is 1. The van der Waals surface area contributed by atoms with Crippen molar-refractivity contribution in [3.05, 3.63) is 34.9 Å². The van der Waals surface area contributed by atoms with Gasteiger partial charge in [0.25, 0.3) is 5.91 Å². The summed E-state index contributed by atoms with van der Waals surface area (Å²) in [4.78, 5) is 50.7. The molecule has 3 N–H and O–H groups in total. The van der Waals surface area contributed by atoms with E-state index in [0.29, 0.717) is 11.4 Å². The van der Waals surface area contributed by atoms with E-state index in [0.717, 1.165) is 37.0 Å². The van der Waals surface area contributed by atoms with Gasteiger partial charge in [-0.3, -0.25) is 23.4 Å². The van der Waals surface area contributed by atoms with Gasteiger partial charge in [-0.2, -0.15) is 0 Å². The molecule has 1 heterocycles. The molecule has 1 aliphatic heterocycles.